The molecule has 5 nitrogen and oxygen atoms in total. The second-order valence-corrected chi connectivity index (χ2v) is 5.96. The van der Waals surface area contributed by atoms with Gasteiger partial charge in [-0.15, -0.1) is 0 Å². The number of carbonyl (C=O) groups excluding carboxylic acids is 2. The molecule has 6 heteroatoms. The average molecular weight is 253 g/mol. The third-order valence-electron chi connectivity index (χ3n) is 2.59. The predicted molar refractivity (Wildman–Crippen MR) is 61.7 cm³/mol. The zero-order valence-electron chi connectivity index (χ0n) is 9.19. The Balaban J connectivity index is 2.63. The Bertz CT molecular complexity index is 604. The summed E-state index contributed by atoms with van der Waals surface area (Å²) < 4.78 is 23.7. The molecule has 0 bridgehead atoms. The number of amides is 1. The molecule has 0 radical (unpaired) electrons. The van der Waals surface area contributed by atoms with Gasteiger partial charge in [0.15, 0.2) is 15.6 Å². The van der Waals surface area contributed by atoms with E-state index in [-0.39, 0.29) is 34.4 Å². The summed E-state index contributed by atoms with van der Waals surface area (Å²) in [4.78, 5) is 22.6. The zero-order valence-corrected chi connectivity index (χ0v) is 10.0. The third-order valence-corrected chi connectivity index (χ3v) is 4.36. The second-order valence-electron chi connectivity index (χ2n) is 3.88. The number of ketones is 1. The maximum atomic E-state index is 11.8. The number of sulfone groups is 1. The highest BCUT2D eigenvalue weighted by Crippen LogP contribution is 2.27. The number of Topliss-reactive ketones (excluding diaryl/α,β-unsaturated/α-hetero) is 1. The minimum absolute atomic E-state index is 0.0631. The first-order chi connectivity index (χ1) is 7.90. The normalized spacial score (nSPS) is 17.8. The van der Waals surface area contributed by atoms with Crippen LogP contribution in [0.3, 0.4) is 0 Å². The standard InChI is InChI=1S/C11H11NO4S/c1-7(13)8-2-3-10-9(6-8)12-11(14)4-5-17(10,15)16/h2-3,6H,4-5H2,1H3,(H,12,14). The van der Waals surface area contributed by atoms with Crippen LogP contribution < -0.4 is 5.32 Å². The molecule has 90 valence electrons. The van der Waals surface area contributed by atoms with Gasteiger partial charge < -0.3 is 5.32 Å². The highest BCUT2D eigenvalue weighted by Gasteiger charge is 2.25. The van der Waals surface area contributed by atoms with Crippen molar-refractivity contribution >= 4 is 27.2 Å². The molecule has 0 atom stereocenters. The molecule has 1 aliphatic heterocycles. The minimum Gasteiger partial charge on any atom is -0.325 e. The van der Waals surface area contributed by atoms with Gasteiger partial charge in [-0.25, -0.2) is 8.42 Å². The number of hydrogen-bond acceptors (Lipinski definition) is 4. The van der Waals surface area contributed by atoms with Gasteiger partial charge in [-0.05, 0) is 25.1 Å². The fourth-order valence-corrected chi connectivity index (χ4v) is 3.06. The van der Waals surface area contributed by atoms with Crippen LogP contribution in [0.25, 0.3) is 0 Å². The molecule has 17 heavy (non-hydrogen) atoms. The average Bonchev–Trinajstić information content (AvgIpc) is 2.36. The first-order valence-electron chi connectivity index (χ1n) is 5.08. The van der Waals surface area contributed by atoms with E-state index in [1.54, 1.807) is 0 Å². The number of hydrogen-bond donors (Lipinski definition) is 1. The molecule has 1 aromatic rings. The topological polar surface area (TPSA) is 80.3 Å². The molecule has 0 fully saturated rings. The number of carbonyl (C=O) groups is 2. The summed E-state index contributed by atoms with van der Waals surface area (Å²) in [6, 6.07) is 4.22. The van der Waals surface area contributed by atoms with Gasteiger partial charge in [0, 0.05) is 12.0 Å². The lowest BCUT2D eigenvalue weighted by molar-refractivity contribution is -0.115. The monoisotopic (exact) mass is 253 g/mol. The van der Waals surface area contributed by atoms with Crippen LogP contribution in [0.5, 0.6) is 0 Å². The summed E-state index contributed by atoms with van der Waals surface area (Å²) in [6.07, 6.45) is -0.0631. The summed E-state index contributed by atoms with van der Waals surface area (Å²) in [6.45, 7) is 1.38. The maximum absolute atomic E-state index is 11.8. The van der Waals surface area contributed by atoms with Crippen molar-refractivity contribution in [2.45, 2.75) is 18.2 Å². The van der Waals surface area contributed by atoms with Crippen molar-refractivity contribution in [3.05, 3.63) is 23.8 Å². The highest BCUT2D eigenvalue weighted by molar-refractivity contribution is 7.91. The Kier molecular flexibility index (Phi) is 2.74. The van der Waals surface area contributed by atoms with Crippen molar-refractivity contribution in [2.24, 2.45) is 0 Å². The first-order valence-corrected chi connectivity index (χ1v) is 6.73. The van der Waals surface area contributed by atoms with Gasteiger partial charge in [-0.1, -0.05) is 0 Å². The van der Waals surface area contributed by atoms with E-state index in [9.17, 15) is 18.0 Å². The molecule has 1 heterocycles. The number of rotatable bonds is 1. The molecule has 1 aromatic carbocycles. The van der Waals surface area contributed by atoms with E-state index in [1.165, 1.54) is 25.1 Å². The first kappa shape index (κ1) is 11.8. The fourth-order valence-electron chi connectivity index (χ4n) is 1.67. The van der Waals surface area contributed by atoms with E-state index >= 15 is 0 Å². The Morgan fingerprint density at radius 2 is 2.06 bits per heavy atom. The van der Waals surface area contributed by atoms with Crippen molar-refractivity contribution in [1.29, 1.82) is 0 Å². The van der Waals surface area contributed by atoms with Crippen LogP contribution in [0.1, 0.15) is 23.7 Å². The zero-order chi connectivity index (χ0) is 12.6. The van der Waals surface area contributed by atoms with E-state index in [0.717, 1.165) is 0 Å². The summed E-state index contributed by atoms with van der Waals surface area (Å²) in [5.41, 5.74) is 0.571. The van der Waals surface area contributed by atoms with E-state index in [0.29, 0.717) is 5.56 Å². The molecule has 0 unspecified atom stereocenters. The van der Waals surface area contributed by atoms with Crippen molar-refractivity contribution in [3.8, 4) is 0 Å². The van der Waals surface area contributed by atoms with E-state index in [2.05, 4.69) is 5.32 Å². The maximum Gasteiger partial charge on any atom is 0.225 e. The Hall–Kier alpha value is -1.69. The van der Waals surface area contributed by atoms with E-state index < -0.39 is 9.84 Å². The summed E-state index contributed by atoms with van der Waals surface area (Å²) >= 11 is 0. The van der Waals surface area contributed by atoms with Gasteiger partial charge in [-0.3, -0.25) is 9.59 Å². The third kappa shape index (κ3) is 2.21. The lowest BCUT2D eigenvalue weighted by atomic mass is 10.1. The molecule has 0 saturated heterocycles. The van der Waals surface area contributed by atoms with Gasteiger partial charge >= 0.3 is 0 Å². The van der Waals surface area contributed by atoms with Crippen LogP contribution in [0.2, 0.25) is 0 Å². The van der Waals surface area contributed by atoms with Gasteiger partial charge in [0.05, 0.1) is 16.3 Å². The molecule has 0 saturated carbocycles. The quantitative estimate of drug-likeness (QED) is 0.757. The smallest absolute Gasteiger partial charge is 0.225 e. The molecule has 1 N–H and O–H groups in total. The highest BCUT2D eigenvalue weighted by atomic mass is 32.2. The van der Waals surface area contributed by atoms with Crippen LogP contribution >= 0.6 is 0 Å². The lowest BCUT2D eigenvalue weighted by Gasteiger charge is -2.07. The van der Waals surface area contributed by atoms with Crippen molar-refractivity contribution < 1.29 is 18.0 Å². The molecule has 0 spiro atoms. The minimum atomic E-state index is -3.45. The van der Waals surface area contributed by atoms with Crippen molar-refractivity contribution in [3.63, 3.8) is 0 Å². The van der Waals surface area contributed by atoms with E-state index in [1.807, 2.05) is 0 Å². The van der Waals surface area contributed by atoms with Crippen LogP contribution in [0.4, 0.5) is 5.69 Å². The second kappa shape index (κ2) is 3.96. The molecule has 2 rings (SSSR count). The molecule has 1 aliphatic rings. The van der Waals surface area contributed by atoms with Gasteiger partial charge in [0.25, 0.3) is 0 Å². The van der Waals surface area contributed by atoms with Gasteiger partial charge in [0.1, 0.15) is 0 Å². The Labute approximate surface area is 98.7 Å². The molecular formula is C11H11NO4S. The van der Waals surface area contributed by atoms with Crippen LogP contribution in [-0.4, -0.2) is 25.9 Å². The van der Waals surface area contributed by atoms with Crippen molar-refractivity contribution in [2.75, 3.05) is 11.1 Å². The van der Waals surface area contributed by atoms with E-state index in [4.69, 9.17) is 0 Å². The van der Waals surface area contributed by atoms with Crippen LogP contribution in [-0.2, 0) is 14.6 Å². The Morgan fingerprint density at radius 1 is 1.35 bits per heavy atom. The van der Waals surface area contributed by atoms with Gasteiger partial charge in [-0.2, -0.15) is 0 Å². The van der Waals surface area contributed by atoms with Gasteiger partial charge in [0.2, 0.25) is 5.91 Å². The predicted octanol–water partition coefficient (Wildman–Crippen LogP) is 1.01. The number of benzene rings is 1. The summed E-state index contributed by atoms with van der Waals surface area (Å²) in [5.74, 6) is -0.734. The van der Waals surface area contributed by atoms with Crippen LogP contribution in [0, 0.1) is 0 Å². The number of anilines is 1. The van der Waals surface area contributed by atoms with Crippen LogP contribution in [0.15, 0.2) is 23.1 Å². The number of fused-ring (bicyclic) bond motifs is 1. The number of nitrogens with one attached hydrogen (secondary N) is 1. The molecule has 1 amide bonds. The largest absolute Gasteiger partial charge is 0.325 e. The summed E-state index contributed by atoms with van der Waals surface area (Å²) in [7, 11) is -3.45. The Morgan fingerprint density at radius 3 is 2.71 bits per heavy atom. The van der Waals surface area contributed by atoms with Crippen molar-refractivity contribution in [1.82, 2.24) is 0 Å². The summed E-state index contributed by atoms with van der Waals surface area (Å²) in [5, 5.41) is 2.50. The lowest BCUT2D eigenvalue weighted by Crippen LogP contribution is -2.11. The molecule has 0 aliphatic carbocycles. The SMILES string of the molecule is CC(=O)c1ccc2c(c1)NC(=O)CCS2(=O)=O. The molecule has 0 aromatic heterocycles. The fraction of sp³-hybridized carbons (Fsp3) is 0.273. The molecular weight excluding hydrogens is 242 g/mol.